The zero-order chi connectivity index (χ0) is 44.5. The van der Waals surface area contributed by atoms with E-state index < -0.39 is 21.5 Å². The molecule has 2 aliphatic carbocycles. The first-order valence-electron chi connectivity index (χ1n) is 22.9. The van der Waals surface area contributed by atoms with Gasteiger partial charge in [-0.25, -0.2) is 0 Å². The van der Waals surface area contributed by atoms with E-state index in [-0.39, 0.29) is 29.9 Å². The molecule has 0 aliphatic heterocycles. The van der Waals surface area contributed by atoms with Gasteiger partial charge >= 0.3 is 385 Å². The Hall–Kier alpha value is -3.52. The van der Waals surface area contributed by atoms with E-state index in [1.165, 1.54) is 89.0 Å². The standard InChI is InChI=1S/2C28H29.C2H7Si.2ClH.Zr/c2*1-19(2)22-17-21-15-16-26(28(3,4)5)27(25(21)18-22)24-14-10-9-13-23(24)20-11-7-6-8-12-20;1-3-2;;;/h2*6-19H,1-5H3;3H,1-2H3;2*1H;/q;;;;;+2/p-2. The summed E-state index contributed by atoms with van der Waals surface area (Å²) in [5, 5.41) is 0. The third kappa shape index (κ3) is 7.48. The Kier molecular flexibility index (Phi) is 12.0. The van der Waals surface area contributed by atoms with Gasteiger partial charge in [0.15, 0.2) is 0 Å². The number of halogens is 2. The summed E-state index contributed by atoms with van der Waals surface area (Å²) in [7, 11) is 18.3. The van der Waals surface area contributed by atoms with Crippen molar-refractivity contribution in [2.24, 2.45) is 11.8 Å². The van der Waals surface area contributed by atoms with Crippen LogP contribution in [0.1, 0.15) is 110 Å². The van der Waals surface area contributed by atoms with Crippen LogP contribution in [0, 0.1) is 11.8 Å². The molecule has 0 heterocycles. The second-order valence-electron chi connectivity index (χ2n) is 21.2. The van der Waals surface area contributed by atoms with Crippen LogP contribution in [-0.4, -0.2) is 5.92 Å². The Bertz CT molecular complexity index is 2540. The summed E-state index contributed by atoms with van der Waals surface area (Å²) in [4.78, 5) is 0. The topological polar surface area (TPSA) is 0 Å². The molecule has 8 rings (SSSR count). The molecule has 0 saturated carbocycles. The molecule has 0 nitrogen and oxygen atoms in total. The van der Waals surface area contributed by atoms with Crippen LogP contribution in [0.25, 0.3) is 56.7 Å². The van der Waals surface area contributed by atoms with Crippen LogP contribution >= 0.6 is 17.0 Å². The molecule has 62 heavy (non-hydrogen) atoms. The van der Waals surface area contributed by atoms with E-state index >= 15 is 0 Å². The third-order valence-electron chi connectivity index (χ3n) is 14.2. The molecule has 2 atom stereocenters. The van der Waals surface area contributed by atoms with Crippen molar-refractivity contribution in [3.63, 3.8) is 0 Å². The van der Waals surface area contributed by atoms with Gasteiger partial charge in [-0.2, -0.15) is 0 Å². The SMILES string of the molecule is CC(C)C1=Cc2c(ccc(C(C)(C)C)c2-c2ccccc2-c2ccccc2)[CH]1[Zr]([Cl])([Cl])([CH]1C(C(C)C)=Cc2c1ccc(C(C)(C)C)c2-c1ccccc1-c1ccccc1)[SiH](C)C. The van der Waals surface area contributed by atoms with Gasteiger partial charge in [0.2, 0.25) is 0 Å². The van der Waals surface area contributed by atoms with Crippen LogP contribution in [0.2, 0.25) is 13.1 Å². The molecular weight excluding hydrogens is 887 g/mol. The summed E-state index contributed by atoms with van der Waals surface area (Å²) in [5.41, 5.74) is 20.8. The summed E-state index contributed by atoms with van der Waals surface area (Å²) >= 11 is -5.20. The van der Waals surface area contributed by atoms with Crippen LogP contribution in [-0.2, 0) is 26.4 Å². The molecule has 0 bridgehead atoms. The maximum absolute atomic E-state index is 9.14. The van der Waals surface area contributed by atoms with E-state index in [2.05, 4.69) is 228 Å². The first-order valence-corrected chi connectivity index (χ1v) is 39.2. The molecule has 0 spiro atoms. The van der Waals surface area contributed by atoms with E-state index in [1.54, 1.807) is 0 Å². The predicted molar refractivity (Wildman–Crippen MR) is 274 cm³/mol. The van der Waals surface area contributed by atoms with Crippen LogP contribution in [0.5, 0.6) is 0 Å². The molecule has 0 aromatic heterocycles. The first-order chi connectivity index (χ1) is 29.2. The molecule has 0 fully saturated rings. The third-order valence-corrected chi connectivity index (χ3v) is 65.9. The molecule has 6 aromatic rings. The molecule has 0 N–H and O–H groups in total. The van der Waals surface area contributed by atoms with E-state index in [0.717, 1.165) is 0 Å². The number of allylic oxidation sites excluding steroid dienone is 2. The second-order valence-corrected chi connectivity index (χ2v) is 63.7. The van der Waals surface area contributed by atoms with Gasteiger partial charge in [0.1, 0.15) is 0 Å². The Morgan fingerprint density at radius 3 is 1.08 bits per heavy atom. The van der Waals surface area contributed by atoms with Crippen molar-refractivity contribution in [3.8, 4) is 44.5 Å². The number of hydrogen-bond acceptors (Lipinski definition) is 0. The Morgan fingerprint density at radius 2 is 0.774 bits per heavy atom. The number of fused-ring (bicyclic) bond motifs is 2. The van der Waals surface area contributed by atoms with E-state index in [4.69, 9.17) is 17.0 Å². The molecule has 319 valence electrons. The Morgan fingerprint density at radius 1 is 0.452 bits per heavy atom. The summed E-state index contributed by atoms with van der Waals surface area (Å²) < 4.78 is -0.0305. The average molecular weight is 952 g/mol. The molecule has 6 aromatic carbocycles. The van der Waals surface area contributed by atoms with Crippen molar-refractivity contribution in [3.05, 3.63) is 178 Å². The Balaban J connectivity index is 1.44. The van der Waals surface area contributed by atoms with Gasteiger partial charge in [0.25, 0.3) is 0 Å². The van der Waals surface area contributed by atoms with E-state index in [1.807, 2.05) is 0 Å². The van der Waals surface area contributed by atoms with Crippen LogP contribution in [0.3, 0.4) is 0 Å². The average Bonchev–Trinajstić information content (AvgIpc) is 3.85. The van der Waals surface area contributed by atoms with Gasteiger partial charge in [-0.3, -0.25) is 0 Å². The van der Waals surface area contributed by atoms with Gasteiger partial charge in [0, 0.05) is 0 Å². The molecule has 2 aliphatic rings. The van der Waals surface area contributed by atoms with Crippen molar-refractivity contribution in [1.29, 1.82) is 0 Å². The van der Waals surface area contributed by atoms with Crippen LogP contribution in [0.15, 0.2) is 145 Å². The van der Waals surface area contributed by atoms with Crippen LogP contribution < -0.4 is 0 Å². The molecule has 0 amide bonds. The number of hydrogen-bond donors (Lipinski definition) is 0. The van der Waals surface area contributed by atoms with Crippen molar-refractivity contribution in [1.82, 2.24) is 0 Å². The van der Waals surface area contributed by atoms with Crippen molar-refractivity contribution < 1.29 is 15.6 Å². The van der Waals surface area contributed by atoms with Crippen molar-refractivity contribution in [2.75, 3.05) is 0 Å². The monoisotopic (exact) mass is 949 g/mol. The normalized spacial score (nSPS) is 17.2. The molecule has 4 heteroatoms. The fraction of sp³-hybridized carbons (Fsp3) is 0.310. The minimum absolute atomic E-state index is 0.0152. The zero-order valence-electron chi connectivity index (χ0n) is 39.0. The van der Waals surface area contributed by atoms with Crippen LogP contribution in [0.4, 0.5) is 0 Å². The van der Waals surface area contributed by atoms with Gasteiger partial charge in [-0.15, -0.1) is 0 Å². The molecule has 0 saturated heterocycles. The molecule has 2 unspecified atom stereocenters. The minimum atomic E-state index is -5.20. The second kappa shape index (κ2) is 16.5. The maximum atomic E-state index is 9.14. The molecule has 0 radical (unpaired) electrons. The quantitative estimate of drug-likeness (QED) is 0.127. The Labute approximate surface area is 382 Å². The summed E-state index contributed by atoms with van der Waals surface area (Å²) in [6, 6.07) is 49.6. The van der Waals surface area contributed by atoms with Gasteiger partial charge < -0.3 is 0 Å². The van der Waals surface area contributed by atoms with E-state index in [9.17, 15) is 0 Å². The number of benzene rings is 6. The van der Waals surface area contributed by atoms with Gasteiger partial charge in [-0.05, 0) is 0 Å². The zero-order valence-corrected chi connectivity index (χ0v) is 44.1. The summed E-state index contributed by atoms with van der Waals surface area (Å²) in [6.07, 6.45) is 5.12. The van der Waals surface area contributed by atoms with Crippen molar-refractivity contribution in [2.45, 2.75) is 100 Å². The van der Waals surface area contributed by atoms with Gasteiger partial charge in [-0.1, -0.05) is 0 Å². The van der Waals surface area contributed by atoms with Gasteiger partial charge in [0.05, 0.1) is 0 Å². The summed E-state index contributed by atoms with van der Waals surface area (Å²) in [6.45, 7) is 28.6. The predicted octanol–water partition coefficient (Wildman–Crippen LogP) is 17.8. The van der Waals surface area contributed by atoms with Crippen molar-refractivity contribution >= 4 is 35.1 Å². The number of rotatable bonds is 9. The summed E-state index contributed by atoms with van der Waals surface area (Å²) in [5.74, 6) is -1.29. The van der Waals surface area contributed by atoms with E-state index in [0.29, 0.717) is 0 Å². The molecular formula is C58H65Cl2SiZr. The fourth-order valence-corrected chi connectivity index (χ4v) is 42.5. The first kappa shape index (κ1) is 45.1. The fourth-order valence-electron chi connectivity index (χ4n) is 11.0.